The van der Waals surface area contributed by atoms with Crippen molar-refractivity contribution in [2.75, 3.05) is 42.9 Å². The summed E-state index contributed by atoms with van der Waals surface area (Å²) in [6, 6.07) is 13.2. The minimum absolute atomic E-state index is 0. The van der Waals surface area contributed by atoms with Crippen molar-refractivity contribution in [3.8, 4) is 5.75 Å². The summed E-state index contributed by atoms with van der Waals surface area (Å²) in [4.78, 5) is 16.9. The van der Waals surface area contributed by atoms with Gasteiger partial charge in [-0.15, -0.1) is 24.8 Å². The topological polar surface area (TPSA) is 55.8 Å². The monoisotopic (exact) mass is 395 g/mol. The Hall–Kier alpha value is -2.11. The predicted octanol–water partition coefficient (Wildman–Crippen LogP) is 3.17. The van der Waals surface area contributed by atoms with Crippen molar-refractivity contribution in [3.63, 3.8) is 0 Å². The van der Waals surface area contributed by atoms with Crippen LogP contribution in [-0.4, -0.2) is 48.6 Å². The van der Waals surface area contributed by atoms with Gasteiger partial charge in [0.2, 0.25) is 0 Å². The standard InChI is InChI=1S/C19H21N3O2.2ClH/c23-17-4-2-16(3-5-17)21-9-11-22(12-10-21)19(24)15-1-6-18-14(13-15)7-8-20-18;;/h1-6,13,20,23H,7-12H2;2*1H. The number of aromatic hydroxyl groups is 1. The van der Waals surface area contributed by atoms with E-state index in [-0.39, 0.29) is 36.5 Å². The van der Waals surface area contributed by atoms with Gasteiger partial charge in [0.25, 0.3) is 5.91 Å². The number of nitrogens with one attached hydrogen (secondary N) is 1. The summed E-state index contributed by atoms with van der Waals surface area (Å²) in [6.45, 7) is 4.01. The molecule has 1 saturated heterocycles. The number of halogens is 2. The van der Waals surface area contributed by atoms with Gasteiger partial charge in [-0.2, -0.15) is 0 Å². The van der Waals surface area contributed by atoms with Crippen LogP contribution in [0.15, 0.2) is 42.5 Å². The normalized spacial score (nSPS) is 15.4. The first-order chi connectivity index (χ1) is 11.7. The summed E-state index contributed by atoms with van der Waals surface area (Å²) < 4.78 is 0. The van der Waals surface area contributed by atoms with Gasteiger partial charge in [-0.05, 0) is 54.4 Å². The fourth-order valence-corrected chi connectivity index (χ4v) is 3.45. The second-order valence-electron chi connectivity index (χ2n) is 6.34. The van der Waals surface area contributed by atoms with E-state index in [0.29, 0.717) is 0 Å². The van der Waals surface area contributed by atoms with E-state index in [2.05, 4.69) is 10.2 Å². The number of hydrogen-bond acceptors (Lipinski definition) is 4. The molecule has 5 nitrogen and oxygen atoms in total. The number of nitrogens with zero attached hydrogens (tertiary/aromatic N) is 2. The molecular weight excluding hydrogens is 373 g/mol. The highest BCUT2D eigenvalue weighted by atomic mass is 35.5. The highest BCUT2D eigenvalue weighted by molar-refractivity contribution is 5.95. The molecule has 1 fully saturated rings. The lowest BCUT2D eigenvalue weighted by Crippen LogP contribution is -2.48. The quantitative estimate of drug-likeness (QED) is 0.819. The third-order valence-electron chi connectivity index (χ3n) is 4.84. The van der Waals surface area contributed by atoms with E-state index < -0.39 is 0 Å². The number of amides is 1. The van der Waals surface area contributed by atoms with E-state index in [0.717, 1.165) is 56.1 Å². The van der Waals surface area contributed by atoms with Crippen molar-refractivity contribution < 1.29 is 9.90 Å². The summed E-state index contributed by atoms with van der Waals surface area (Å²) in [6.07, 6.45) is 0.991. The van der Waals surface area contributed by atoms with Crippen LogP contribution < -0.4 is 10.2 Å². The van der Waals surface area contributed by atoms with Crippen molar-refractivity contribution >= 4 is 42.1 Å². The second-order valence-corrected chi connectivity index (χ2v) is 6.34. The summed E-state index contributed by atoms with van der Waals surface area (Å²) in [5.74, 6) is 0.397. The highest BCUT2D eigenvalue weighted by Gasteiger charge is 2.23. The fourth-order valence-electron chi connectivity index (χ4n) is 3.45. The van der Waals surface area contributed by atoms with E-state index >= 15 is 0 Å². The van der Waals surface area contributed by atoms with E-state index in [9.17, 15) is 9.90 Å². The van der Waals surface area contributed by atoms with Gasteiger partial charge in [-0.1, -0.05) is 0 Å². The zero-order valence-corrected chi connectivity index (χ0v) is 16.0. The van der Waals surface area contributed by atoms with Crippen molar-refractivity contribution in [3.05, 3.63) is 53.6 Å². The second kappa shape index (κ2) is 8.52. The Morgan fingerprint density at radius 1 is 0.962 bits per heavy atom. The Labute approximate surface area is 165 Å². The molecule has 140 valence electrons. The Balaban J connectivity index is 0.00000121. The summed E-state index contributed by atoms with van der Waals surface area (Å²) in [7, 11) is 0. The lowest BCUT2D eigenvalue weighted by molar-refractivity contribution is 0.0746. The van der Waals surface area contributed by atoms with Crippen LogP contribution in [0, 0.1) is 0 Å². The smallest absolute Gasteiger partial charge is 0.253 e. The Kier molecular flexibility index (Phi) is 6.62. The van der Waals surface area contributed by atoms with E-state index in [1.807, 2.05) is 35.2 Å². The number of fused-ring (bicyclic) bond motifs is 1. The lowest BCUT2D eigenvalue weighted by Gasteiger charge is -2.36. The van der Waals surface area contributed by atoms with Crippen molar-refractivity contribution in [2.24, 2.45) is 0 Å². The van der Waals surface area contributed by atoms with Crippen LogP contribution in [0.1, 0.15) is 15.9 Å². The van der Waals surface area contributed by atoms with Gasteiger partial charge in [0, 0.05) is 49.7 Å². The maximum Gasteiger partial charge on any atom is 0.253 e. The first kappa shape index (κ1) is 20.2. The number of carbonyl (C=O) groups excluding carboxylic acids is 1. The first-order valence-electron chi connectivity index (χ1n) is 8.41. The van der Waals surface area contributed by atoms with Crippen LogP contribution in [0.5, 0.6) is 5.75 Å². The zero-order valence-electron chi connectivity index (χ0n) is 14.4. The fraction of sp³-hybridized carbons (Fsp3) is 0.316. The van der Waals surface area contributed by atoms with Crippen LogP contribution >= 0.6 is 24.8 Å². The zero-order chi connectivity index (χ0) is 16.5. The van der Waals surface area contributed by atoms with Gasteiger partial charge in [-0.3, -0.25) is 4.79 Å². The molecule has 1 amide bonds. The molecule has 2 aliphatic heterocycles. The number of rotatable bonds is 2. The molecule has 2 N–H and O–H groups in total. The SMILES string of the molecule is Cl.Cl.O=C(c1ccc2c(c1)CCN2)N1CCN(c2ccc(O)cc2)CC1. The summed E-state index contributed by atoms with van der Waals surface area (Å²) in [5.41, 5.74) is 4.27. The Bertz CT molecular complexity index is 760. The minimum atomic E-state index is 0. The van der Waals surface area contributed by atoms with Gasteiger partial charge in [-0.25, -0.2) is 0 Å². The number of phenols is 1. The molecule has 0 unspecified atom stereocenters. The Morgan fingerprint density at radius 2 is 1.65 bits per heavy atom. The van der Waals surface area contributed by atoms with Gasteiger partial charge >= 0.3 is 0 Å². The van der Waals surface area contributed by atoms with Crippen molar-refractivity contribution in [1.82, 2.24) is 4.90 Å². The van der Waals surface area contributed by atoms with Gasteiger partial charge < -0.3 is 20.2 Å². The summed E-state index contributed by atoms with van der Waals surface area (Å²) in [5, 5.41) is 12.7. The average molecular weight is 396 g/mol. The molecule has 0 radical (unpaired) electrons. The molecule has 2 aliphatic rings. The molecule has 2 aromatic rings. The molecule has 26 heavy (non-hydrogen) atoms. The third kappa shape index (κ3) is 4.00. The third-order valence-corrected chi connectivity index (χ3v) is 4.84. The molecule has 2 aromatic carbocycles. The molecule has 2 heterocycles. The molecule has 0 spiro atoms. The van der Waals surface area contributed by atoms with E-state index in [1.54, 1.807) is 12.1 Å². The van der Waals surface area contributed by atoms with E-state index in [4.69, 9.17) is 0 Å². The number of anilines is 2. The number of phenolic OH excluding ortho intramolecular Hbond substituents is 1. The molecule has 7 heteroatoms. The van der Waals surface area contributed by atoms with Gasteiger partial charge in [0.05, 0.1) is 0 Å². The maximum absolute atomic E-state index is 12.7. The predicted molar refractivity (Wildman–Crippen MR) is 109 cm³/mol. The van der Waals surface area contributed by atoms with Crippen molar-refractivity contribution in [2.45, 2.75) is 6.42 Å². The van der Waals surface area contributed by atoms with Crippen LogP contribution in [0.25, 0.3) is 0 Å². The van der Waals surface area contributed by atoms with Crippen LogP contribution in [0.4, 0.5) is 11.4 Å². The minimum Gasteiger partial charge on any atom is -0.508 e. The molecule has 0 saturated carbocycles. The number of hydrogen-bond donors (Lipinski definition) is 2. The molecular formula is C19H23Cl2N3O2. The first-order valence-corrected chi connectivity index (χ1v) is 8.41. The molecule has 4 rings (SSSR count). The molecule has 0 bridgehead atoms. The molecule has 0 aromatic heterocycles. The van der Waals surface area contributed by atoms with Crippen molar-refractivity contribution in [1.29, 1.82) is 0 Å². The number of piperazine rings is 1. The van der Waals surface area contributed by atoms with E-state index in [1.165, 1.54) is 5.56 Å². The summed E-state index contributed by atoms with van der Waals surface area (Å²) >= 11 is 0. The highest BCUT2D eigenvalue weighted by Crippen LogP contribution is 2.24. The van der Waals surface area contributed by atoms with Gasteiger partial charge in [0.15, 0.2) is 0 Å². The molecule has 0 aliphatic carbocycles. The van der Waals surface area contributed by atoms with Crippen LogP contribution in [-0.2, 0) is 6.42 Å². The number of carbonyl (C=O) groups is 1. The maximum atomic E-state index is 12.7. The average Bonchev–Trinajstić information content (AvgIpc) is 3.09. The number of benzene rings is 2. The van der Waals surface area contributed by atoms with Gasteiger partial charge in [0.1, 0.15) is 5.75 Å². The van der Waals surface area contributed by atoms with Crippen LogP contribution in [0.3, 0.4) is 0 Å². The van der Waals surface area contributed by atoms with Crippen LogP contribution in [0.2, 0.25) is 0 Å². The molecule has 0 atom stereocenters. The Morgan fingerprint density at radius 3 is 2.35 bits per heavy atom. The largest absolute Gasteiger partial charge is 0.508 e. The lowest BCUT2D eigenvalue weighted by atomic mass is 10.1.